The molecular formula is C13H18N2O3. The van der Waals surface area contributed by atoms with Gasteiger partial charge in [0.15, 0.2) is 11.5 Å². The van der Waals surface area contributed by atoms with Gasteiger partial charge in [0.05, 0.1) is 12.1 Å². The second-order valence-electron chi connectivity index (χ2n) is 4.36. The molecular weight excluding hydrogens is 232 g/mol. The lowest BCUT2D eigenvalue weighted by molar-refractivity contribution is -0.123. The lowest BCUT2D eigenvalue weighted by atomic mass is 10.1. The molecule has 5 nitrogen and oxygen atoms in total. The first kappa shape index (κ1) is 12.7. The highest BCUT2D eigenvalue weighted by Gasteiger charge is 2.18. The molecule has 1 aliphatic rings. The third-order valence-electron chi connectivity index (χ3n) is 3.03. The van der Waals surface area contributed by atoms with Crippen molar-refractivity contribution in [3.05, 3.63) is 23.8 Å². The van der Waals surface area contributed by atoms with Gasteiger partial charge < -0.3 is 20.5 Å². The van der Waals surface area contributed by atoms with Gasteiger partial charge in [-0.2, -0.15) is 0 Å². The molecule has 0 aromatic heterocycles. The Bertz CT molecular complexity index is 448. The maximum absolute atomic E-state index is 11.7. The van der Waals surface area contributed by atoms with Crippen molar-refractivity contribution in [2.24, 2.45) is 5.73 Å². The zero-order valence-corrected chi connectivity index (χ0v) is 10.6. The molecule has 1 amide bonds. The second kappa shape index (κ2) is 5.27. The van der Waals surface area contributed by atoms with Crippen LogP contribution in [0.25, 0.3) is 0 Å². The number of ether oxygens (including phenoxy) is 2. The van der Waals surface area contributed by atoms with E-state index in [1.165, 1.54) is 0 Å². The standard InChI is InChI=1S/C13H18N2O3/c1-3-10(14)13(16)15-8(2)9-4-5-11-12(6-9)18-7-17-11/h4-6,8,10H,3,7,14H2,1-2H3,(H,15,16). The molecule has 0 fully saturated rings. The molecule has 98 valence electrons. The SMILES string of the molecule is CCC(N)C(=O)NC(C)c1ccc2c(c1)OCO2. The van der Waals surface area contributed by atoms with Gasteiger partial charge >= 0.3 is 0 Å². The largest absolute Gasteiger partial charge is 0.454 e. The molecule has 2 atom stereocenters. The number of benzene rings is 1. The summed E-state index contributed by atoms with van der Waals surface area (Å²) in [6.45, 7) is 4.05. The number of hydrogen-bond donors (Lipinski definition) is 2. The molecule has 1 aromatic rings. The van der Waals surface area contributed by atoms with Gasteiger partial charge in [0.1, 0.15) is 0 Å². The van der Waals surface area contributed by atoms with E-state index in [-0.39, 0.29) is 18.7 Å². The van der Waals surface area contributed by atoms with Gasteiger partial charge in [0.25, 0.3) is 0 Å². The van der Waals surface area contributed by atoms with Crippen LogP contribution in [0.5, 0.6) is 11.5 Å². The van der Waals surface area contributed by atoms with Crippen LogP contribution in [0.2, 0.25) is 0 Å². The number of amides is 1. The van der Waals surface area contributed by atoms with Crippen LogP contribution in [0.3, 0.4) is 0 Å². The molecule has 0 radical (unpaired) electrons. The first-order valence-corrected chi connectivity index (χ1v) is 6.07. The Morgan fingerprint density at radius 3 is 2.89 bits per heavy atom. The molecule has 0 spiro atoms. The van der Waals surface area contributed by atoms with Crippen LogP contribution < -0.4 is 20.5 Å². The van der Waals surface area contributed by atoms with Gasteiger partial charge in [-0.1, -0.05) is 13.0 Å². The Morgan fingerprint density at radius 1 is 1.44 bits per heavy atom. The predicted octanol–water partition coefficient (Wildman–Crippen LogP) is 1.33. The molecule has 0 saturated carbocycles. The van der Waals surface area contributed by atoms with E-state index in [1.54, 1.807) is 0 Å². The zero-order chi connectivity index (χ0) is 13.1. The summed E-state index contributed by atoms with van der Waals surface area (Å²) >= 11 is 0. The van der Waals surface area contributed by atoms with Gasteiger partial charge in [-0.15, -0.1) is 0 Å². The van der Waals surface area contributed by atoms with E-state index in [4.69, 9.17) is 15.2 Å². The summed E-state index contributed by atoms with van der Waals surface area (Å²) in [5.74, 6) is 1.32. The first-order chi connectivity index (χ1) is 8.61. The quantitative estimate of drug-likeness (QED) is 0.845. The summed E-state index contributed by atoms with van der Waals surface area (Å²) in [6, 6.07) is 5.08. The number of carbonyl (C=O) groups excluding carboxylic acids is 1. The Labute approximate surface area is 106 Å². The first-order valence-electron chi connectivity index (χ1n) is 6.07. The summed E-state index contributed by atoms with van der Waals surface area (Å²) < 4.78 is 10.5. The Kier molecular flexibility index (Phi) is 3.72. The number of nitrogens with two attached hydrogens (primary N) is 1. The molecule has 0 saturated heterocycles. The number of carbonyl (C=O) groups is 1. The number of nitrogens with one attached hydrogen (secondary N) is 1. The smallest absolute Gasteiger partial charge is 0.237 e. The Balaban J connectivity index is 2.05. The molecule has 0 bridgehead atoms. The normalized spacial score (nSPS) is 16.2. The van der Waals surface area contributed by atoms with Crippen molar-refractivity contribution in [1.29, 1.82) is 0 Å². The van der Waals surface area contributed by atoms with Crippen molar-refractivity contribution >= 4 is 5.91 Å². The highest BCUT2D eigenvalue weighted by atomic mass is 16.7. The van der Waals surface area contributed by atoms with Gasteiger partial charge in [0, 0.05) is 0 Å². The summed E-state index contributed by atoms with van der Waals surface area (Å²) in [6.07, 6.45) is 0.625. The van der Waals surface area contributed by atoms with Crippen molar-refractivity contribution in [3.8, 4) is 11.5 Å². The van der Waals surface area contributed by atoms with Crippen molar-refractivity contribution in [1.82, 2.24) is 5.32 Å². The fourth-order valence-electron chi connectivity index (χ4n) is 1.77. The van der Waals surface area contributed by atoms with Crippen LogP contribution in [0.15, 0.2) is 18.2 Å². The monoisotopic (exact) mass is 250 g/mol. The summed E-state index contributed by atoms with van der Waals surface area (Å²) in [7, 11) is 0. The Hall–Kier alpha value is -1.75. The molecule has 5 heteroatoms. The van der Waals surface area contributed by atoms with Gasteiger partial charge in [-0.3, -0.25) is 4.79 Å². The molecule has 0 aliphatic carbocycles. The summed E-state index contributed by atoms with van der Waals surface area (Å²) in [4.78, 5) is 11.7. The highest BCUT2D eigenvalue weighted by molar-refractivity contribution is 5.81. The molecule has 18 heavy (non-hydrogen) atoms. The lowest BCUT2D eigenvalue weighted by Crippen LogP contribution is -2.41. The van der Waals surface area contributed by atoms with E-state index >= 15 is 0 Å². The zero-order valence-electron chi connectivity index (χ0n) is 10.6. The molecule has 1 heterocycles. The summed E-state index contributed by atoms with van der Waals surface area (Å²) in [5.41, 5.74) is 6.64. The minimum Gasteiger partial charge on any atom is -0.454 e. The van der Waals surface area contributed by atoms with E-state index in [1.807, 2.05) is 32.0 Å². The van der Waals surface area contributed by atoms with Crippen molar-refractivity contribution < 1.29 is 14.3 Å². The van der Waals surface area contributed by atoms with E-state index in [0.29, 0.717) is 12.2 Å². The van der Waals surface area contributed by atoms with Crippen LogP contribution in [-0.2, 0) is 4.79 Å². The molecule has 2 rings (SSSR count). The van der Waals surface area contributed by atoms with E-state index in [9.17, 15) is 4.79 Å². The maximum Gasteiger partial charge on any atom is 0.237 e. The molecule has 1 aromatic carbocycles. The Morgan fingerprint density at radius 2 is 2.17 bits per heavy atom. The van der Waals surface area contributed by atoms with Crippen LogP contribution >= 0.6 is 0 Å². The molecule has 1 aliphatic heterocycles. The number of fused-ring (bicyclic) bond motifs is 1. The van der Waals surface area contributed by atoms with Crippen molar-refractivity contribution in [2.45, 2.75) is 32.4 Å². The predicted molar refractivity (Wildman–Crippen MR) is 67.4 cm³/mol. The van der Waals surface area contributed by atoms with Gasteiger partial charge in [-0.05, 0) is 31.0 Å². The molecule has 2 unspecified atom stereocenters. The van der Waals surface area contributed by atoms with Crippen molar-refractivity contribution in [3.63, 3.8) is 0 Å². The minimum atomic E-state index is -0.457. The van der Waals surface area contributed by atoms with E-state index in [0.717, 1.165) is 11.3 Å². The lowest BCUT2D eigenvalue weighted by Gasteiger charge is -2.17. The van der Waals surface area contributed by atoms with Gasteiger partial charge in [0.2, 0.25) is 12.7 Å². The van der Waals surface area contributed by atoms with Crippen molar-refractivity contribution in [2.75, 3.05) is 6.79 Å². The number of rotatable bonds is 4. The van der Waals surface area contributed by atoms with Crippen LogP contribution in [0, 0.1) is 0 Å². The third kappa shape index (κ3) is 2.56. The highest BCUT2D eigenvalue weighted by Crippen LogP contribution is 2.34. The van der Waals surface area contributed by atoms with Crippen LogP contribution in [-0.4, -0.2) is 18.7 Å². The minimum absolute atomic E-state index is 0.107. The molecule has 3 N–H and O–H groups in total. The third-order valence-corrected chi connectivity index (χ3v) is 3.03. The van der Waals surface area contributed by atoms with Crippen LogP contribution in [0.1, 0.15) is 31.9 Å². The van der Waals surface area contributed by atoms with E-state index < -0.39 is 6.04 Å². The fourth-order valence-corrected chi connectivity index (χ4v) is 1.77. The average Bonchev–Trinajstić information content (AvgIpc) is 2.84. The topological polar surface area (TPSA) is 73.6 Å². The summed E-state index contributed by atoms with van der Waals surface area (Å²) in [5, 5.41) is 2.88. The second-order valence-corrected chi connectivity index (χ2v) is 4.36. The van der Waals surface area contributed by atoms with Gasteiger partial charge in [-0.25, -0.2) is 0 Å². The van der Waals surface area contributed by atoms with E-state index in [2.05, 4.69) is 5.32 Å². The fraction of sp³-hybridized carbons (Fsp3) is 0.462. The number of hydrogen-bond acceptors (Lipinski definition) is 4. The van der Waals surface area contributed by atoms with Crippen LogP contribution in [0.4, 0.5) is 0 Å². The maximum atomic E-state index is 11.7. The average molecular weight is 250 g/mol.